The van der Waals surface area contributed by atoms with Gasteiger partial charge < -0.3 is 10.1 Å². The summed E-state index contributed by atoms with van der Waals surface area (Å²) in [6.07, 6.45) is 3.98. The molecule has 0 atom stereocenters. The maximum atomic E-state index is 10.7. The molecule has 0 aliphatic carbocycles. The van der Waals surface area contributed by atoms with Crippen molar-refractivity contribution in [1.29, 1.82) is 0 Å². The van der Waals surface area contributed by atoms with Crippen LogP contribution in [0.4, 0.5) is 0 Å². The number of carbonyl (C=O) groups excluding carboxylic acids is 1. The summed E-state index contributed by atoms with van der Waals surface area (Å²) in [5, 5.41) is 8.11. The van der Waals surface area contributed by atoms with E-state index in [4.69, 9.17) is 5.73 Å². The molecule has 3 rings (SSSR count). The van der Waals surface area contributed by atoms with E-state index in [0.29, 0.717) is 0 Å². The van der Waals surface area contributed by atoms with Gasteiger partial charge in [0.15, 0.2) is 8.68 Å². The lowest BCUT2D eigenvalue weighted by molar-refractivity contribution is -0.115. The van der Waals surface area contributed by atoms with Gasteiger partial charge in [0.25, 0.3) is 0 Å². The monoisotopic (exact) mass is 337 g/mol. The smallest absolute Gasteiger partial charge is 0.227 e. The van der Waals surface area contributed by atoms with Gasteiger partial charge in [0, 0.05) is 18.1 Å². The van der Waals surface area contributed by atoms with Gasteiger partial charge in [0.05, 0.1) is 11.4 Å². The number of primary amides is 1. The highest BCUT2D eigenvalue weighted by Gasteiger charge is 2.08. The van der Waals surface area contributed by atoms with Crippen LogP contribution in [0.25, 0.3) is 5.65 Å². The number of hydrogen-bond acceptors (Lipinski definition) is 7. The molecule has 0 aliphatic heterocycles. The lowest BCUT2D eigenvalue weighted by atomic mass is 10.5. The van der Waals surface area contributed by atoms with Crippen molar-refractivity contribution in [3.05, 3.63) is 36.3 Å². The summed E-state index contributed by atoms with van der Waals surface area (Å²) >= 11 is 4.36. The lowest BCUT2D eigenvalue weighted by Gasteiger charge is -1.91. The quantitative estimate of drug-likeness (QED) is 0.693. The number of rotatable bonds is 6. The van der Waals surface area contributed by atoms with Crippen molar-refractivity contribution in [1.82, 2.24) is 19.6 Å². The minimum atomic E-state index is -0.353. The highest BCUT2D eigenvalue weighted by Crippen LogP contribution is 2.30. The largest absolute Gasteiger partial charge is 0.369 e. The van der Waals surface area contributed by atoms with Crippen LogP contribution in [0.3, 0.4) is 0 Å². The molecule has 0 saturated carbocycles. The van der Waals surface area contributed by atoms with Crippen LogP contribution in [0, 0.1) is 0 Å². The maximum absolute atomic E-state index is 10.7. The molecule has 0 aliphatic rings. The van der Waals surface area contributed by atoms with Gasteiger partial charge in [-0.05, 0) is 12.1 Å². The first-order valence-corrected chi connectivity index (χ1v) is 8.79. The molecular weight excluding hydrogens is 326 g/mol. The predicted molar refractivity (Wildman–Crippen MR) is 84.6 cm³/mol. The first-order valence-electron chi connectivity index (χ1n) is 6.01. The van der Waals surface area contributed by atoms with E-state index in [1.54, 1.807) is 11.8 Å². The third kappa shape index (κ3) is 3.74. The summed E-state index contributed by atoms with van der Waals surface area (Å²) in [5.41, 5.74) is 7.03. The van der Waals surface area contributed by atoms with Crippen LogP contribution >= 0.6 is 34.9 Å². The van der Waals surface area contributed by atoms with Crippen molar-refractivity contribution >= 4 is 46.4 Å². The predicted octanol–water partition coefficient (Wildman–Crippen LogP) is 2.06. The number of carbonyl (C=O) groups is 1. The first-order chi connectivity index (χ1) is 10.2. The standard InChI is InChI=1S/C12H11N5OS3/c13-9(18)7-20-12-16-15-11(21-12)19-6-8-5-17-4-2-1-3-10(17)14-8/h1-5H,6-7H2,(H2,13,18). The number of aromatic nitrogens is 4. The minimum Gasteiger partial charge on any atom is -0.369 e. The number of thioether (sulfide) groups is 2. The van der Waals surface area contributed by atoms with E-state index in [1.807, 2.05) is 35.0 Å². The van der Waals surface area contributed by atoms with E-state index in [0.717, 1.165) is 25.8 Å². The second-order valence-corrected chi connectivity index (χ2v) is 7.50. The zero-order chi connectivity index (χ0) is 14.7. The van der Waals surface area contributed by atoms with Gasteiger partial charge in [-0.1, -0.05) is 40.9 Å². The van der Waals surface area contributed by atoms with E-state index >= 15 is 0 Å². The normalized spacial score (nSPS) is 11.0. The van der Waals surface area contributed by atoms with E-state index in [-0.39, 0.29) is 11.7 Å². The topological polar surface area (TPSA) is 86.2 Å². The van der Waals surface area contributed by atoms with Crippen molar-refractivity contribution < 1.29 is 4.79 Å². The van der Waals surface area contributed by atoms with E-state index < -0.39 is 0 Å². The second-order valence-electron chi connectivity index (χ2n) is 4.08. The molecule has 0 bridgehead atoms. The van der Waals surface area contributed by atoms with Crippen molar-refractivity contribution in [2.24, 2.45) is 5.73 Å². The molecule has 3 aromatic heterocycles. The van der Waals surface area contributed by atoms with Gasteiger partial charge in [-0.2, -0.15) is 0 Å². The summed E-state index contributed by atoms with van der Waals surface area (Å²) in [6.45, 7) is 0. The highest BCUT2D eigenvalue weighted by molar-refractivity contribution is 8.03. The molecule has 3 heterocycles. The Morgan fingerprint density at radius 2 is 2.10 bits per heavy atom. The maximum Gasteiger partial charge on any atom is 0.227 e. The van der Waals surface area contributed by atoms with Crippen molar-refractivity contribution in [3.63, 3.8) is 0 Å². The average molecular weight is 337 g/mol. The summed E-state index contributed by atoms with van der Waals surface area (Å²) in [5.74, 6) is 0.608. The molecule has 0 aromatic carbocycles. The molecule has 21 heavy (non-hydrogen) atoms. The van der Waals surface area contributed by atoms with Crippen LogP contribution in [0.2, 0.25) is 0 Å². The number of hydrogen-bond donors (Lipinski definition) is 1. The van der Waals surface area contributed by atoms with Gasteiger partial charge in [-0.15, -0.1) is 10.2 Å². The summed E-state index contributed by atoms with van der Waals surface area (Å²) in [6, 6.07) is 5.91. The Kier molecular flexibility index (Phi) is 4.42. The Morgan fingerprint density at radius 1 is 1.29 bits per heavy atom. The molecule has 0 radical (unpaired) electrons. The molecule has 0 unspecified atom stereocenters. The molecule has 9 heteroatoms. The Morgan fingerprint density at radius 3 is 2.86 bits per heavy atom. The number of imidazole rings is 1. The average Bonchev–Trinajstić information content (AvgIpc) is 3.09. The fourth-order valence-corrected chi connectivity index (χ4v) is 4.28. The van der Waals surface area contributed by atoms with Crippen LogP contribution in [0.5, 0.6) is 0 Å². The zero-order valence-electron chi connectivity index (χ0n) is 10.8. The van der Waals surface area contributed by atoms with E-state index in [2.05, 4.69) is 15.2 Å². The number of fused-ring (bicyclic) bond motifs is 1. The Bertz CT molecular complexity index is 736. The molecule has 3 aromatic rings. The van der Waals surface area contributed by atoms with Crippen LogP contribution in [0.15, 0.2) is 39.3 Å². The summed E-state index contributed by atoms with van der Waals surface area (Å²) in [4.78, 5) is 15.2. The Balaban J connectivity index is 1.60. The fraction of sp³-hybridized carbons (Fsp3) is 0.167. The van der Waals surface area contributed by atoms with Gasteiger partial charge >= 0.3 is 0 Å². The Hall–Kier alpha value is -1.58. The highest BCUT2D eigenvalue weighted by atomic mass is 32.2. The molecule has 1 amide bonds. The van der Waals surface area contributed by atoms with Crippen molar-refractivity contribution in [2.45, 2.75) is 14.4 Å². The van der Waals surface area contributed by atoms with Crippen LogP contribution in [0.1, 0.15) is 5.69 Å². The minimum absolute atomic E-state index is 0.228. The first kappa shape index (κ1) is 14.4. The van der Waals surface area contributed by atoms with Crippen LogP contribution < -0.4 is 5.73 Å². The molecule has 6 nitrogen and oxygen atoms in total. The number of pyridine rings is 1. The number of nitrogens with zero attached hydrogens (tertiary/aromatic N) is 4. The molecule has 2 N–H and O–H groups in total. The summed E-state index contributed by atoms with van der Waals surface area (Å²) in [7, 11) is 0. The number of amides is 1. The molecular formula is C12H11N5OS3. The van der Waals surface area contributed by atoms with E-state index in [1.165, 1.54) is 23.1 Å². The zero-order valence-corrected chi connectivity index (χ0v) is 13.2. The van der Waals surface area contributed by atoms with Crippen LogP contribution in [-0.2, 0) is 10.5 Å². The van der Waals surface area contributed by atoms with Gasteiger partial charge in [0.1, 0.15) is 5.65 Å². The van der Waals surface area contributed by atoms with Gasteiger partial charge in [-0.3, -0.25) is 4.79 Å². The molecule has 0 spiro atoms. The second kappa shape index (κ2) is 6.46. The van der Waals surface area contributed by atoms with E-state index in [9.17, 15) is 4.79 Å². The molecule has 108 valence electrons. The lowest BCUT2D eigenvalue weighted by Crippen LogP contribution is -2.12. The molecule has 0 fully saturated rings. The SMILES string of the molecule is NC(=O)CSc1nnc(SCc2cn3ccccc3n2)s1. The van der Waals surface area contributed by atoms with Crippen molar-refractivity contribution in [3.8, 4) is 0 Å². The summed E-state index contributed by atoms with van der Waals surface area (Å²) < 4.78 is 3.61. The third-order valence-corrected chi connectivity index (χ3v) is 5.73. The van der Waals surface area contributed by atoms with Crippen LogP contribution in [-0.4, -0.2) is 31.2 Å². The number of nitrogens with two attached hydrogens (primary N) is 1. The third-order valence-electron chi connectivity index (χ3n) is 2.48. The fourth-order valence-electron chi connectivity index (χ4n) is 1.64. The van der Waals surface area contributed by atoms with Gasteiger partial charge in [0.2, 0.25) is 5.91 Å². The molecule has 0 saturated heterocycles. The Labute approximate surface area is 133 Å². The van der Waals surface area contributed by atoms with Crippen molar-refractivity contribution in [2.75, 3.05) is 5.75 Å². The van der Waals surface area contributed by atoms with Gasteiger partial charge in [-0.25, -0.2) is 4.98 Å².